The normalized spacial score (nSPS) is 19.1. The molecule has 0 radical (unpaired) electrons. The molecule has 1 aliphatic heterocycles. The minimum Gasteiger partial charge on any atom is -0.519 e. The molecule has 28 heavy (non-hydrogen) atoms. The van der Waals surface area contributed by atoms with Crippen LogP contribution in [0.5, 0.6) is 11.5 Å². The van der Waals surface area contributed by atoms with Crippen molar-refractivity contribution in [1.82, 2.24) is 0 Å². The molecule has 0 saturated carbocycles. The first kappa shape index (κ1) is 20.9. The second kappa shape index (κ2) is 6.60. The molecule has 0 aromatic heterocycles. The van der Waals surface area contributed by atoms with Crippen molar-refractivity contribution in [2.24, 2.45) is 0 Å². The highest BCUT2D eigenvalue weighted by molar-refractivity contribution is 6.74. The minimum atomic E-state index is -2.70. The molecule has 1 aliphatic rings. The number of ether oxygens (including phenoxy) is 1. The van der Waals surface area contributed by atoms with Crippen molar-refractivity contribution >= 4 is 25.3 Å². The van der Waals surface area contributed by atoms with Gasteiger partial charge in [-0.2, -0.15) is 0 Å². The molecule has 152 valence electrons. The maximum Gasteiger partial charge on any atom is 0.410 e. The first-order chi connectivity index (χ1) is 12.8. The molecule has 0 N–H and O–H groups in total. The number of fused-ring (bicyclic) bond motifs is 3. The maximum atomic E-state index is 11.7. The van der Waals surface area contributed by atoms with Crippen LogP contribution in [0.3, 0.4) is 0 Å². The predicted octanol–water partition coefficient (Wildman–Crippen LogP) is 6.59. The maximum absolute atomic E-state index is 11.7. The van der Waals surface area contributed by atoms with E-state index in [-0.39, 0.29) is 22.1 Å². The number of hydrogen-bond acceptors (Lipinski definition) is 4. The first-order valence-corrected chi connectivity index (χ1v) is 11.7. The van der Waals surface area contributed by atoms with Crippen LogP contribution in [-0.4, -0.2) is 14.5 Å². The lowest BCUT2D eigenvalue weighted by molar-refractivity contribution is -0.131. The van der Waals surface area contributed by atoms with Crippen LogP contribution >= 0.6 is 0 Å². The Bertz CT molecular complexity index is 920. The SMILES string of the molecule is CC(=O)Oc1c(C)c2c(c3ccccc13)O[Si](C(C)(C)C)(C(C)(C)C)OC2C. The fourth-order valence-corrected chi connectivity index (χ4v) is 9.39. The summed E-state index contributed by atoms with van der Waals surface area (Å²) < 4.78 is 19.4. The van der Waals surface area contributed by atoms with E-state index < -0.39 is 8.56 Å². The topological polar surface area (TPSA) is 44.8 Å². The van der Waals surface area contributed by atoms with Crippen molar-refractivity contribution < 1.29 is 18.4 Å². The lowest BCUT2D eigenvalue weighted by Crippen LogP contribution is -2.61. The molecule has 0 aliphatic carbocycles. The largest absolute Gasteiger partial charge is 0.519 e. The molecule has 0 spiro atoms. The van der Waals surface area contributed by atoms with Gasteiger partial charge >= 0.3 is 14.5 Å². The van der Waals surface area contributed by atoms with E-state index in [0.717, 1.165) is 27.6 Å². The molecule has 0 saturated heterocycles. The summed E-state index contributed by atoms with van der Waals surface area (Å²) >= 11 is 0. The third kappa shape index (κ3) is 3.05. The molecular formula is C23H32O4Si. The van der Waals surface area contributed by atoms with Gasteiger partial charge in [-0.05, 0) is 13.8 Å². The van der Waals surface area contributed by atoms with Gasteiger partial charge in [0, 0.05) is 38.9 Å². The molecule has 1 heterocycles. The van der Waals surface area contributed by atoms with Crippen LogP contribution in [-0.2, 0) is 9.22 Å². The Labute approximate surface area is 169 Å². The fraction of sp³-hybridized carbons (Fsp3) is 0.522. The zero-order chi connectivity index (χ0) is 21.1. The van der Waals surface area contributed by atoms with E-state index in [1.807, 2.05) is 31.2 Å². The standard InChI is InChI=1S/C23H32O4Si/c1-14-19-15(2)26-28(22(4,5)6,23(7,8)9)27-21(19)18-13-11-10-12-17(18)20(14)25-16(3)24/h10-13,15H,1-9H3. The van der Waals surface area contributed by atoms with Crippen LogP contribution < -0.4 is 9.16 Å². The number of benzene rings is 2. The van der Waals surface area contributed by atoms with E-state index in [1.54, 1.807) is 0 Å². The lowest BCUT2D eigenvalue weighted by Gasteiger charge is -2.53. The number of esters is 1. The van der Waals surface area contributed by atoms with E-state index in [9.17, 15) is 4.79 Å². The van der Waals surface area contributed by atoms with E-state index in [1.165, 1.54) is 6.92 Å². The Balaban J connectivity index is 2.37. The quantitative estimate of drug-likeness (QED) is 0.308. The smallest absolute Gasteiger partial charge is 0.410 e. The first-order valence-electron chi connectivity index (χ1n) is 9.90. The summed E-state index contributed by atoms with van der Waals surface area (Å²) in [4.78, 5) is 11.7. The lowest BCUT2D eigenvalue weighted by atomic mass is 9.95. The summed E-state index contributed by atoms with van der Waals surface area (Å²) in [6.45, 7) is 18.8. The highest BCUT2D eigenvalue weighted by atomic mass is 28.4. The predicted molar refractivity (Wildman–Crippen MR) is 115 cm³/mol. The summed E-state index contributed by atoms with van der Waals surface area (Å²) in [7, 11) is -2.70. The molecule has 1 atom stereocenters. The van der Waals surface area contributed by atoms with Crippen molar-refractivity contribution in [1.29, 1.82) is 0 Å². The number of hydrogen-bond donors (Lipinski definition) is 0. The van der Waals surface area contributed by atoms with Gasteiger partial charge in [0.25, 0.3) is 0 Å². The van der Waals surface area contributed by atoms with E-state index in [0.29, 0.717) is 5.75 Å². The average molecular weight is 401 g/mol. The van der Waals surface area contributed by atoms with Crippen molar-refractivity contribution in [3.8, 4) is 11.5 Å². The van der Waals surface area contributed by atoms with Gasteiger partial charge in [0.2, 0.25) is 0 Å². The highest BCUT2D eigenvalue weighted by Gasteiger charge is 2.63. The zero-order valence-electron chi connectivity index (χ0n) is 18.5. The molecule has 1 unspecified atom stereocenters. The van der Waals surface area contributed by atoms with Gasteiger partial charge in [0.1, 0.15) is 11.5 Å². The molecule has 5 heteroatoms. The Morgan fingerprint density at radius 3 is 2.07 bits per heavy atom. The molecule has 0 fully saturated rings. The van der Waals surface area contributed by atoms with Crippen LogP contribution in [0.4, 0.5) is 0 Å². The molecule has 0 amide bonds. The summed E-state index contributed by atoms with van der Waals surface area (Å²) in [5.74, 6) is 1.16. The molecule has 2 aromatic carbocycles. The van der Waals surface area contributed by atoms with Gasteiger partial charge in [-0.3, -0.25) is 4.79 Å². The molecule has 3 rings (SSSR count). The van der Waals surface area contributed by atoms with Crippen molar-refractivity contribution in [3.05, 3.63) is 35.4 Å². The summed E-state index contributed by atoms with van der Waals surface area (Å²) in [6.07, 6.45) is -0.146. The van der Waals surface area contributed by atoms with Crippen LogP contribution in [0.15, 0.2) is 24.3 Å². The fourth-order valence-electron chi connectivity index (χ4n) is 4.65. The third-order valence-corrected chi connectivity index (χ3v) is 10.7. The van der Waals surface area contributed by atoms with Crippen LogP contribution in [0.1, 0.15) is 72.6 Å². The third-order valence-electron chi connectivity index (χ3n) is 5.62. The van der Waals surface area contributed by atoms with Gasteiger partial charge in [-0.15, -0.1) is 0 Å². The Hall–Kier alpha value is -1.85. The van der Waals surface area contributed by atoms with Gasteiger partial charge in [-0.1, -0.05) is 65.8 Å². The van der Waals surface area contributed by atoms with Crippen LogP contribution in [0.2, 0.25) is 10.1 Å². The monoisotopic (exact) mass is 400 g/mol. The number of rotatable bonds is 1. The molecule has 0 bridgehead atoms. The summed E-state index contributed by atoms with van der Waals surface area (Å²) in [5.41, 5.74) is 1.88. The molecular weight excluding hydrogens is 368 g/mol. The second-order valence-electron chi connectivity index (χ2n) is 9.81. The minimum absolute atomic E-state index is 0.124. The average Bonchev–Trinajstić information content (AvgIpc) is 2.55. The second-order valence-corrected chi connectivity index (χ2v) is 14.5. The van der Waals surface area contributed by atoms with Crippen molar-refractivity contribution in [2.75, 3.05) is 0 Å². The van der Waals surface area contributed by atoms with Crippen LogP contribution in [0.25, 0.3) is 10.8 Å². The van der Waals surface area contributed by atoms with Crippen molar-refractivity contribution in [2.45, 2.75) is 78.5 Å². The Kier molecular flexibility index (Phi) is 4.92. The summed E-state index contributed by atoms with van der Waals surface area (Å²) in [6, 6.07) is 7.99. The Morgan fingerprint density at radius 1 is 1.04 bits per heavy atom. The van der Waals surface area contributed by atoms with E-state index in [2.05, 4.69) is 48.5 Å². The van der Waals surface area contributed by atoms with Gasteiger partial charge in [-0.25, -0.2) is 0 Å². The van der Waals surface area contributed by atoms with Crippen LogP contribution in [0, 0.1) is 6.92 Å². The van der Waals surface area contributed by atoms with Gasteiger partial charge < -0.3 is 13.6 Å². The molecule has 2 aromatic rings. The van der Waals surface area contributed by atoms with E-state index in [4.69, 9.17) is 13.6 Å². The molecule has 4 nitrogen and oxygen atoms in total. The van der Waals surface area contributed by atoms with Crippen molar-refractivity contribution in [3.63, 3.8) is 0 Å². The van der Waals surface area contributed by atoms with E-state index >= 15 is 0 Å². The Morgan fingerprint density at radius 2 is 1.57 bits per heavy atom. The zero-order valence-corrected chi connectivity index (χ0v) is 19.5. The number of carbonyl (C=O) groups is 1. The number of carbonyl (C=O) groups excluding carboxylic acids is 1. The van der Waals surface area contributed by atoms with Gasteiger partial charge in [0.15, 0.2) is 0 Å². The summed E-state index contributed by atoms with van der Waals surface area (Å²) in [5, 5.41) is 1.62. The van der Waals surface area contributed by atoms with Gasteiger partial charge in [0.05, 0.1) is 6.10 Å². The highest BCUT2D eigenvalue weighted by Crippen LogP contribution is 2.59.